The molecule has 2 heterocycles. The van der Waals surface area contributed by atoms with E-state index in [2.05, 4.69) is 67.8 Å². The molecule has 0 unspecified atom stereocenters. The van der Waals surface area contributed by atoms with Crippen LogP contribution in [0.25, 0.3) is 22.8 Å². The lowest BCUT2D eigenvalue weighted by Gasteiger charge is -2.24. The van der Waals surface area contributed by atoms with Gasteiger partial charge in [-0.05, 0) is 221 Å². The third kappa shape index (κ3) is 37.8. The van der Waals surface area contributed by atoms with E-state index in [1.165, 1.54) is 72.8 Å². The lowest BCUT2D eigenvalue weighted by Crippen LogP contribution is -2.40. The molecule has 0 spiro atoms. The van der Waals surface area contributed by atoms with Crippen LogP contribution in [0.2, 0.25) is 0 Å². The summed E-state index contributed by atoms with van der Waals surface area (Å²) in [6.45, 7) is 30.6. The van der Waals surface area contributed by atoms with Crippen LogP contribution >= 0.6 is 0 Å². The Kier molecular flexibility index (Phi) is 45.9. The Labute approximate surface area is 851 Å². The average molecular weight is 2050 g/mol. The van der Waals surface area contributed by atoms with Gasteiger partial charge in [-0.2, -0.15) is 23.6 Å². The summed E-state index contributed by atoms with van der Waals surface area (Å²) in [6.07, 6.45) is -7.76. The molecule has 2 aromatic heterocycles. The molecule has 0 bridgehead atoms. The lowest BCUT2D eigenvalue weighted by atomic mass is 10.0. The number of aliphatic hydroxyl groups excluding tert-OH is 1. The number of carboxylic acids is 3. The van der Waals surface area contributed by atoms with Gasteiger partial charge in [0.15, 0.2) is 9.84 Å². The lowest BCUT2D eigenvalue weighted by molar-refractivity contribution is -0.138. The maximum absolute atomic E-state index is 13.0. The fraction of sp³-hybridized carbons (Fsp3) is 0.358. The van der Waals surface area contributed by atoms with E-state index in [0.29, 0.717) is 22.8 Å². The molecule has 32 nitrogen and oxygen atoms in total. The number of sulfone groups is 1. The number of rotatable bonds is 43. The predicted octanol–water partition coefficient (Wildman–Crippen LogP) is 18.6. The van der Waals surface area contributed by atoms with Crippen molar-refractivity contribution in [2.75, 3.05) is 5.75 Å². The Morgan fingerprint density at radius 2 is 0.592 bits per heavy atom. The van der Waals surface area contributed by atoms with Crippen molar-refractivity contribution in [1.29, 1.82) is 0 Å². The highest BCUT2D eigenvalue weighted by atomic mass is 32.2. The number of amides is 5. The van der Waals surface area contributed by atoms with Gasteiger partial charge in [0, 0.05) is 11.1 Å². The molecule has 10 aromatic carbocycles. The minimum atomic E-state index is -4.39. The second-order valence-electron chi connectivity index (χ2n) is 36.5. The number of hydrogen-bond acceptors (Lipinski definition) is 22. The SMILES string of the molecule is CC(C)[C@@H](OCc1ccc(C(F)(F)F)cc1)C(=O)N[C@@H](C)c1ccc(-c2nn[nH]n2)cc1.CC(C)[C@@H](OCc1ccc(F)cc1)C(=O)N[C@@H](C)c1ccc(-c2nn[nH]n2)cc1.CC(C)[C@@H](OCc1ccc(F)cc1)C(=O)N[C@@H](C)c1ccc(C(=O)O)cc1.CC(C)[C@@H](OCc1cccc(CO)c1)C(=O)N[C@@H](C)c1ccc(C(=O)O)cc1.CCS(=O)(=O)c1cccc(CO[C@@H](C(=O)N[C@@H](C)c2ccc(C(=O)O)cc2)C(C)C)c1. The zero-order valence-electron chi connectivity index (χ0n) is 84.6. The van der Waals surface area contributed by atoms with Crippen LogP contribution < -0.4 is 26.6 Å². The van der Waals surface area contributed by atoms with E-state index < -0.39 is 70.0 Å². The number of hydrogen-bond donors (Lipinski definition) is 11. The van der Waals surface area contributed by atoms with Crippen molar-refractivity contribution in [2.45, 2.75) is 222 Å². The van der Waals surface area contributed by atoms with Crippen molar-refractivity contribution in [3.63, 3.8) is 0 Å². The third-order valence-corrected chi connectivity index (χ3v) is 24.9. The van der Waals surface area contributed by atoms with Crippen molar-refractivity contribution < 1.29 is 113 Å². The number of halogens is 5. The monoisotopic (exact) mass is 2050 g/mol. The molecule has 5 amide bonds. The molecule has 0 fully saturated rings. The summed E-state index contributed by atoms with van der Waals surface area (Å²) in [5.74, 6) is -4.15. The van der Waals surface area contributed by atoms with E-state index in [-0.39, 0.29) is 168 Å². The molecule has 0 aliphatic heterocycles. The van der Waals surface area contributed by atoms with Gasteiger partial charge in [-0.1, -0.05) is 234 Å². The summed E-state index contributed by atoms with van der Waals surface area (Å²) in [5, 5.41) is 78.5. The van der Waals surface area contributed by atoms with E-state index in [9.17, 15) is 73.8 Å². The summed E-state index contributed by atoms with van der Waals surface area (Å²) in [5.41, 5.74) is 10.2. The minimum absolute atomic E-state index is 0.0109. The number of aromatic nitrogens is 8. The van der Waals surface area contributed by atoms with Gasteiger partial charge in [0.1, 0.15) is 42.2 Å². The van der Waals surface area contributed by atoms with E-state index in [4.69, 9.17) is 39.0 Å². The molecule has 12 rings (SSSR count). The standard InChI is InChI=1S/C23H29NO6S.C22H24F3N5O2.C22H27NO5.C21H24FN5O2.C21H24FNO4/c1-5-31(28,29)20-8-6-7-17(13-20)14-30-21(15(2)3)22(25)24-16(4)18-9-11-19(12-10-18)23(26)27;1-13(2)19(32-12-15-4-10-18(11-5-15)22(23,24)25)21(31)26-14(3)16-6-8-17(9-7-16)20-27-29-30-28-20;1-14(2)20(28-13-17-6-4-5-16(11-17)12-24)21(25)23-15(3)18-7-9-19(10-8-18)22(26)27;1-13(2)19(29-12-15-4-10-18(22)11-5-15)21(28)23-14(3)16-6-8-17(9-7-16)20-24-26-27-25-20;1-13(2)19(27-12-15-4-10-18(22)11-5-15)20(24)23-14(3)16-6-8-17(9-7-16)21(25)26/h6-13,15-16,21H,5,14H2,1-4H3,(H,24,25)(H,26,27);4-11,13-14,19H,12H2,1-3H3,(H,26,31)(H,27,28,29,30);4-11,14-15,20,24H,12-13H2,1-3H3,(H,23,25)(H,26,27);4-11,13-14,19H,12H2,1-3H3,(H,23,28)(H,24,25,26,27);4-11,13-14,19H,12H2,1-3H3,(H,23,24)(H,25,26)/t16-,21+;14-,19+;15-,20+;2*14-,19+/m00000/s1. The van der Waals surface area contributed by atoms with E-state index in [1.807, 2.05) is 177 Å². The van der Waals surface area contributed by atoms with Crippen LogP contribution in [0.1, 0.15) is 239 Å². The number of nitrogens with zero attached hydrogens (tertiary/aromatic N) is 6. The Hall–Kier alpha value is -14.5. The number of benzene rings is 10. The van der Waals surface area contributed by atoms with Gasteiger partial charge in [-0.15, -0.1) is 20.4 Å². The zero-order chi connectivity index (χ0) is 108. The second kappa shape index (κ2) is 57.4. The topological polar surface area (TPSA) is 467 Å². The predicted molar refractivity (Wildman–Crippen MR) is 540 cm³/mol. The van der Waals surface area contributed by atoms with Gasteiger partial charge in [-0.3, -0.25) is 24.0 Å². The Bertz CT molecular complexity index is 6280. The molecule has 0 aliphatic carbocycles. The zero-order valence-corrected chi connectivity index (χ0v) is 85.4. The quantitative estimate of drug-likeness (QED) is 0.0158. The number of H-pyrrole nitrogens is 2. The van der Waals surface area contributed by atoms with Crippen molar-refractivity contribution in [3.8, 4) is 22.8 Å². The summed E-state index contributed by atoms with van der Waals surface area (Å²) in [7, 11) is -3.32. The maximum Gasteiger partial charge on any atom is 0.416 e. The van der Waals surface area contributed by atoms with Gasteiger partial charge in [0.2, 0.25) is 41.2 Å². The minimum Gasteiger partial charge on any atom is -0.478 e. The van der Waals surface area contributed by atoms with Crippen molar-refractivity contribution in [2.24, 2.45) is 29.6 Å². The number of aromatic carboxylic acids is 3. The molecule has 38 heteroatoms. The van der Waals surface area contributed by atoms with Crippen LogP contribution in [0.3, 0.4) is 0 Å². The number of carbonyl (C=O) groups excluding carboxylic acids is 5. The summed E-state index contributed by atoms with van der Waals surface area (Å²) < 4.78 is 117. The van der Waals surface area contributed by atoms with Crippen molar-refractivity contribution in [1.82, 2.24) is 67.8 Å². The molecule has 784 valence electrons. The number of carbonyl (C=O) groups is 8. The smallest absolute Gasteiger partial charge is 0.416 e. The van der Waals surface area contributed by atoms with Crippen molar-refractivity contribution in [3.05, 3.63) is 338 Å². The largest absolute Gasteiger partial charge is 0.478 e. The first-order valence-electron chi connectivity index (χ1n) is 47.7. The van der Waals surface area contributed by atoms with Crippen LogP contribution in [0.5, 0.6) is 0 Å². The molecule has 0 aliphatic rings. The van der Waals surface area contributed by atoms with Gasteiger partial charge in [0.25, 0.3) is 0 Å². The van der Waals surface area contributed by atoms with Crippen LogP contribution in [-0.2, 0) is 103 Å². The summed E-state index contributed by atoms with van der Waals surface area (Å²) in [6, 6.07) is 63.4. The van der Waals surface area contributed by atoms with Crippen LogP contribution in [0.4, 0.5) is 22.0 Å². The van der Waals surface area contributed by atoms with E-state index in [1.54, 1.807) is 91.9 Å². The molecular formula is C109H128F5N13O19S. The number of tetrazole rings is 2. The highest BCUT2D eigenvalue weighted by Crippen LogP contribution is 2.31. The normalized spacial score (nSPS) is 13.4. The van der Waals surface area contributed by atoms with Crippen molar-refractivity contribution >= 4 is 57.3 Å². The number of alkyl halides is 3. The molecule has 10 atom stereocenters. The molecule has 0 saturated heterocycles. The van der Waals surface area contributed by atoms with E-state index >= 15 is 0 Å². The van der Waals surface area contributed by atoms with Crippen LogP contribution in [0, 0.1) is 41.2 Å². The average Bonchev–Trinajstić information content (AvgIpc) is 1.51. The number of nitrogens with one attached hydrogen (secondary N) is 7. The molecule has 11 N–H and O–H groups in total. The second-order valence-corrected chi connectivity index (χ2v) is 38.8. The Morgan fingerprint density at radius 1 is 0.340 bits per heavy atom. The Balaban J connectivity index is 0.000000224. The first kappa shape index (κ1) is 118. The third-order valence-electron chi connectivity index (χ3n) is 23.2. The highest BCUT2D eigenvalue weighted by molar-refractivity contribution is 7.91. The maximum atomic E-state index is 13.0. The molecular weight excluding hydrogens is 1920 g/mol. The number of ether oxygens (including phenoxy) is 5. The first-order valence-corrected chi connectivity index (χ1v) is 49.3. The van der Waals surface area contributed by atoms with Crippen LogP contribution in [-0.4, -0.2) is 154 Å². The van der Waals surface area contributed by atoms with Gasteiger partial charge in [0.05, 0.1) is 103 Å². The van der Waals surface area contributed by atoms with Gasteiger partial charge < -0.3 is 70.7 Å². The summed E-state index contributed by atoms with van der Waals surface area (Å²) >= 11 is 0. The number of carboxylic acid groups (broad SMARTS) is 3. The van der Waals surface area contributed by atoms with Gasteiger partial charge >= 0.3 is 24.1 Å². The van der Waals surface area contributed by atoms with E-state index in [0.717, 1.165) is 73.3 Å². The van der Waals surface area contributed by atoms with Gasteiger partial charge in [-0.25, -0.2) is 31.6 Å². The number of aromatic amines is 2. The summed E-state index contributed by atoms with van der Waals surface area (Å²) in [4.78, 5) is 96.8. The molecule has 0 saturated carbocycles. The molecule has 0 radical (unpaired) electrons. The fourth-order valence-corrected chi connectivity index (χ4v) is 15.5. The Morgan fingerprint density at radius 3 is 0.837 bits per heavy atom. The first-order chi connectivity index (χ1) is 69.7. The molecule has 147 heavy (non-hydrogen) atoms. The molecule has 12 aromatic rings. The highest BCUT2D eigenvalue weighted by Gasteiger charge is 2.33. The number of aliphatic hydroxyl groups is 1. The fourth-order valence-electron chi connectivity index (χ4n) is 14.6. The van der Waals surface area contributed by atoms with Crippen LogP contribution in [0.15, 0.2) is 248 Å².